The Morgan fingerprint density at radius 1 is 1.10 bits per heavy atom. The van der Waals surface area contributed by atoms with E-state index in [4.69, 9.17) is 4.42 Å². The van der Waals surface area contributed by atoms with Gasteiger partial charge in [-0.2, -0.15) is 0 Å². The molecule has 0 saturated heterocycles. The second kappa shape index (κ2) is 4.96. The summed E-state index contributed by atoms with van der Waals surface area (Å²) in [5.74, 6) is -0.545. The van der Waals surface area contributed by atoms with Crippen LogP contribution in [0.3, 0.4) is 0 Å². The lowest BCUT2D eigenvalue weighted by Gasteiger charge is -2.08. The molecule has 2 aromatic carbocycles. The van der Waals surface area contributed by atoms with Crippen LogP contribution in [-0.4, -0.2) is 0 Å². The lowest BCUT2D eigenvalue weighted by atomic mass is 10.2. The number of aryl methyl sites for hydroxylation is 1. The second-order valence-electron chi connectivity index (χ2n) is 4.66. The summed E-state index contributed by atoms with van der Waals surface area (Å²) in [7, 11) is 0. The molecule has 0 unspecified atom stereocenters. The highest BCUT2D eigenvalue weighted by molar-refractivity contribution is 5.77. The molecule has 1 aromatic heterocycles. The van der Waals surface area contributed by atoms with Crippen LogP contribution in [0.4, 0.5) is 14.5 Å². The van der Waals surface area contributed by atoms with Gasteiger partial charge in [-0.25, -0.2) is 8.78 Å². The van der Waals surface area contributed by atoms with Crippen molar-refractivity contribution in [1.29, 1.82) is 0 Å². The lowest BCUT2D eigenvalue weighted by Crippen LogP contribution is -2.04. The predicted octanol–water partition coefficient (Wildman–Crippen LogP) is 4.63. The van der Waals surface area contributed by atoms with Crippen LogP contribution in [0.15, 0.2) is 46.9 Å². The summed E-state index contributed by atoms with van der Waals surface area (Å²) in [5.41, 5.74) is 1.04. The molecule has 0 fully saturated rings. The average Bonchev–Trinajstić information content (AvgIpc) is 2.86. The summed E-state index contributed by atoms with van der Waals surface area (Å²) < 4.78 is 33.0. The van der Waals surface area contributed by atoms with Crippen molar-refractivity contribution in [3.8, 4) is 0 Å². The van der Waals surface area contributed by atoms with Gasteiger partial charge in [0.25, 0.3) is 0 Å². The topological polar surface area (TPSA) is 25.2 Å². The minimum Gasteiger partial charge on any atom is -0.459 e. The van der Waals surface area contributed by atoms with E-state index >= 15 is 0 Å². The first-order chi connectivity index (χ1) is 9.65. The molecule has 0 atom stereocenters. The fraction of sp³-hybridized carbons (Fsp3) is 0.125. The molecule has 0 amide bonds. The SMILES string of the molecule is Cc1ccc(F)c(NCc2cc3ccccc3o2)c1F. The first-order valence-electron chi connectivity index (χ1n) is 6.31. The Kier molecular flexibility index (Phi) is 3.14. The van der Waals surface area contributed by atoms with E-state index in [1.807, 2.05) is 30.3 Å². The number of fused-ring (bicyclic) bond motifs is 1. The van der Waals surface area contributed by atoms with Crippen molar-refractivity contribution in [2.75, 3.05) is 5.32 Å². The first kappa shape index (κ1) is 12.7. The van der Waals surface area contributed by atoms with Crippen LogP contribution >= 0.6 is 0 Å². The second-order valence-corrected chi connectivity index (χ2v) is 4.66. The maximum atomic E-state index is 13.8. The van der Waals surface area contributed by atoms with Crippen molar-refractivity contribution in [3.05, 3.63) is 65.4 Å². The molecule has 3 rings (SSSR count). The van der Waals surface area contributed by atoms with E-state index in [0.29, 0.717) is 11.3 Å². The Labute approximate surface area is 115 Å². The number of rotatable bonds is 3. The van der Waals surface area contributed by atoms with Gasteiger partial charge in [0.15, 0.2) is 5.82 Å². The third kappa shape index (κ3) is 2.25. The fourth-order valence-corrected chi connectivity index (χ4v) is 2.12. The molecule has 3 aromatic rings. The van der Waals surface area contributed by atoms with Crippen LogP contribution in [0.2, 0.25) is 0 Å². The third-order valence-corrected chi connectivity index (χ3v) is 3.20. The Balaban J connectivity index is 1.84. The molecule has 1 N–H and O–H groups in total. The zero-order chi connectivity index (χ0) is 14.1. The number of halogens is 2. The van der Waals surface area contributed by atoms with Gasteiger partial charge in [0.1, 0.15) is 22.8 Å². The molecule has 0 spiro atoms. The van der Waals surface area contributed by atoms with Crippen molar-refractivity contribution in [2.45, 2.75) is 13.5 Å². The van der Waals surface area contributed by atoms with Crippen molar-refractivity contribution in [2.24, 2.45) is 0 Å². The number of furan rings is 1. The van der Waals surface area contributed by atoms with E-state index < -0.39 is 11.6 Å². The summed E-state index contributed by atoms with van der Waals surface area (Å²) in [6.07, 6.45) is 0. The van der Waals surface area contributed by atoms with E-state index in [9.17, 15) is 8.78 Å². The van der Waals surface area contributed by atoms with Crippen LogP contribution in [0.5, 0.6) is 0 Å². The van der Waals surface area contributed by atoms with E-state index in [0.717, 1.165) is 11.0 Å². The molecular weight excluding hydrogens is 260 g/mol. The number of nitrogens with one attached hydrogen (secondary N) is 1. The van der Waals surface area contributed by atoms with Crippen LogP contribution in [-0.2, 0) is 6.54 Å². The van der Waals surface area contributed by atoms with Crippen molar-refractivity contribution in [1.82, 2.24) is 0 Å². The van der Waals surface area contributed by atoms with Gasteiger partial charge in [0, 0.05) is 5.39 Å². The monoisotopic (exact) mass is 273 g/mol. The van der Waals surface area contributed by atoms with E-state index in [-0.39, 0.29) is 12.2 Å². The Morgan fingerprint density at radius 3 is 2.70 bits per heavy atom. The van der Waals surface area contributed by atoms with Gasteiger partial charge in [-0.15, -0.1) is 0 Å². The molecule has 20 heavy (non-hydrogen) atoms. The van der Waals surface area contributed by atoms with E-state index in [1.54, 1.807) is 6.92 Å². The predicted molar refractivity (Wildman–Crippen MR) is 74.6 cm³/mol. The minimum absolute atomic E-state index is 0.120. The molecule has 0 bridgehead atoms. The van der Waals surface area contributed by atoms with Gasteiger partial charge in [-0.3, -0.25) is 0 Å². The van der Waals surface area contributed by atoms with Gasteiger partial charge in [0.05, 0.1) is 6.54 Å². The Morgan fingerprint density at radius 2 is 1.90 bits per heavy atom. The largest absolute Gasteiger partial charge is 0.459 e. The Bertz CT molecular complexity index is 731. The van der Waals surface area contributed by atoms with Crippen molar-refractivity contribution in [3.63, 3.8) is 0 Å². The molecule has 1 heterocycles. The highest BCUT2D eigenvalue weighted by Crippen LogP contribution is 2.24. The average molecular weight is 273 g/mol. The molecule has 102 valence electrons. The maximum absolute atomic E-state index is 13.8. The molecule has 0 aliphatic rings. The van der Waals surface area contributed by atoms with Crippen LogP contribution in [0, 0.1) is 18.6 Å². The Hall–Kier alpha value is -2.36. The smallest absolute Gasteiger partial charge is 0.152 e. The quantitative estimate of drug-likeness (QED) is 0.752. The number of hydrogen-bond donors (Lipinski definition) is 1. The molecule has 2 nitrogen and oxygen atoms in total. The van der Waals surface area contributed by atoms with Crippen LogP contribution in [0.25, 0.3) is 11.0 Å². The summed E-state index contributed by atoms with van der Waals surface area (Å²) in [5, 5.41) is 3.72. The number of anilines is 1. The normalized spacial score (nSPS) is 10.9. The molecule has 0 saturated carbocycles. The highest BCUT2D eigenvalue weighted by Gasteiger charge is 2.12. The summed E-state index contributed by atoms with van der Waals surface area (Å²) in [4.78, 5) is 0. The van der Waals surface area contributed by atoms with E-state index in [2.05, 4.69) is 5.32 Å². The molecule has 4 heteroatoms. The fourth-order valence-electron chi connectivity index (χ4n) is 2.12. The minimum atomic E-state index is -0.607. The maximum Gasteiger partial charge on any atom is 0.152 e. The molecule has 0 aliphatic carbocycles. The number of hydrogen-bond acceptors (Lipinski definition) is 2. The molecule has 0 radical (unpaired) electrons. The van der Waals surface area contributed by atoms with Crippen molar-refractivity contribution >= 4 is 16.7 Å². The van der Waals surface area contributed by atoms with Gasteiger partial charge >= 0.3 is 0 Å². The first-order valence-corrected chi connectivity index (χ1v) is 6.31. The van der Waals surface area contributed by atoms with Crippen molar-refractivity contribution < 1.29 is 13.2 Å². The number of para-hydroxylation sites is 1. The van der Waals surface area contributed by atoms with Crippen LogP contribution < -0.4 is 5.32 Å². The summed E-state index contributed by atoms with van der Waals surface area (Å²) in [6, 6.07) is 12.1. The standard InChI is InChI=1S/C16H13F2NO/c1-10-6-7-13(17)16(15(10)18)19-9-12-8-11-4-2-3-5-14(11)20-12/h2-8,19H,9H2,1H3. The number of benzene rings is 2. The van der Waals surface area contributed by atoms with Gasteiger partial charge in [-0.05, 0) is 30.7 Å². The highest BCUT2D eigenvalue weighted by atomic mass is 19.1. The summed E-state index contributed by atoms with van der Waals surface area (Å²) in [6.45, 7) is 1.83. The summed E-state index contributed by atoms with van der Waals surface area (Å²) >= 11 is 0. The van der Waals surface area contributed by atoms with Gasteiger partial charge in [0.2, 0.25) is 0 Å². The van der Waals surface area contributed by atoms with E-state index in [1.165, 1.54) is 12.1 Å². The zero-order valence-electron chi connectivity index (χ0n) is 10.9. The lowest BCUT2D eigenvalue weighted by molar-refractivity contribution is 0.552. The molecule has 0 aliphatic heterocycles. The molecular formula is C16H13F2NO. The third-order valence-electron chi connectivity index (χ3n) is 3.20. The van der Waals surface area contributed by atoms with Gasteiger partial charge in [-0.1, -0.05) is 24.3 Å². The van der Waals surface area contributed by atoms with Crippen LogP contribution in [0.1, 0.15) is 11.3 Å². The van der Waals surface area contributed by atoms with Gasteiger partial charge < -0.3 is 9.73 Å². The zero-order valence-corrected chi connectivity index (χ0v) is 10.9.